The number of rotatable bonds is 5. The number of hydrogen-bond acceptors (Lipinski definition) is 2. The first-order valence-corrected chi connectivity index (χ1v) is 9.92. The van der Waals surface area contributed by atoms with Crippen molar-refractivity contribution in [3.05, 3.63) is 108 Å². The fraction of sp³-hybridized carbons (Fsp3) is 0.136. The lowest BCUT2D eigenvalue weighted by Gasteiger charge is -2.30. The van der Waals surface area contributed by atoms with E-state index in [9.17, 15) is 0 Å². The van der Waals surface area contributed by atoms with Crippen molar-refractivity contribution in [3.63, 3.8) is 0 Å². The molecule has 1 atom stereocenters. The fourth-order valence-corrected chi connectivity index (χ4v) is 3.48. The van der Waals surface area contributed by atoms with Crippen LogP contribution in [-0.2, 0) is 0 Å². The second-order valence-electron chi connectivity index (χ2n) is 5.82. The van der Waals surface area contributed by atoms with Gasteiger partial charge in [-0.1, -0.05) is 103 Å². The molecule has 0 spiro atoms. The Labute approximate surface area is 159 Å². The first-order valence-electron chi connectivity index (χ1n) is 8.29. The van der Waals surface area contributed by atoms with Crippen molar-refractivity contribution in [2.24, 2.45) is 0 Å². The molecule has 0 unspecified atom stereocenters. The van der Waals surface area contributed by atoms with Crippen LogP contribution in [0.1, 0.15) is 28.7 Å². The number of thioether (sulfide) groups is 1. The molecule has 0 radical (unpaired) electrons. The highest BCUT2D eigenvalue weighted by molar-refractivity contribution is 8.22. The fourth-order valence-electron chi connectivity index (χ4n) is 3.10. The standard InChI is InChI=1S/C22H21NS2/c1-25-22(24)23-21(19-15-9-4-10-16-19)20(17-11-5-2-6-12-17)18-13-7-3-8-14-18/h2-16,20-21H,1H3,(H,23,24)/t21-/m0/s1. The van der Waals surface area contributed by atoms with Gasteiger partial charge in [-0.25, -0.2) is 0 Å². The van der Waals surface area contributed by atoms with Crippen LogP contribution in [0.5, 0.6) is 0 Å². The largest absolute Gasteiger partial charge is 0.363 e. The van der Waals surface area contributed by atoms with Gasteiger partial charge in [0.15, 0.2) is 0 Å². The number of hydrogen-bond donors (Lipinski definition) is 1. The smallest absolute Gasteiger partial charge is 0.134 e. The third-order valence-corrected chi connectivity index (χ3v) is 5.37. The lowest BCUT2D eigenvalue weighted by molar-refractivity contribution is 0.577. The highest BCUT2D eigenvalue weighted by Gasteiger charge is 2.26. The Bertz CT molecular complexity index is 749. The minimum absolute atomic E-state index is 0.0750. The molecule has 0 aliphatic heterocycles. The Kier molecular flexibility index (Phi) is 6.26. The van der Waals surface area contributed by atoms with Crippen LogP contribution in [-0.4, -0.2) is 10.6 Å². The molecule has 0 amide bonds. The van der Waals surface area contributed by atoms with Crippen LogP contribution in [0.4, 0.5) is 0 Å². The van der Waals surface area contributed by atoms with Crippen LogP contribution in [0.15, 0.2) is 91.0 Å². The molecule has 3 heteroatoms. The second-order valence-corrected chi connectivity index (χ2v) is 7.31. The Morgan fingerprint density at radius 2 is 1.12 bits per heavy atom. The Hall–Kier alpha value is -2.10. The molecule has 3 aromatic rings. The minimum Gasteiger partial charge on any atom is -0.363 e. The van der Waals surface area contributed by atoms with Crippen molar-refractivity contribution in [2.75, 3.05) is 6.26 Å². The Balaban J connectivity index is 2.11. The Morgan fingerprint density at radius 1 is 0.720 bits per heavy atom. The van der Waals surface area contributed by atoms with E-state index < -0.39 is 0 Å². The molecule has 0 aliphatic carbocycles. The van der Waals surface area contributed by atoms with Crippen LogP contribution in [0.3, 0.4) is 0 Å². The van der Waals surface area contributed by atoms with E-state index in [0.29, 0.717) is 0 Å². The zero-order valence-corrected chi connectivity index (χ0v) is 15.8. The monoisotopic (exact) mass is 363 g/mol. The van der Waals surface area contributed by atoms with Gasteiger partial charge in [0.05, 0.1) is 6.04 Å². The minimum atomic E-state index is 0.0750. The number of nitrogens with one attached hydrogen (secondary N) is 1. The molecule has 0 bridgehead atoms. The average molecular weight is 364 g/mol. The van der Waals surface area contributed by atoms with Crippen molar-refractivity contribution in [1.82, 2.24) is 5.32 Å². The van der Waals surface area contributed by atoms with E-state index in [1.807, 2.05) is 12.3 Å². The molecular formula is C22H21NS2. The third-order valence-electron chi connectivity index (χ3n) is 4.27. The summed E-state index contributed by atoms with van der Waals surface area (Å²) in [6.07, 6.45) is 2.01. The molecule has 0 saturated heterocycles. The normalized spacial score (nSPS) is 11.9. The average Bonchev–Trinajstić information content (AvgIpc) is 2.69. The van der Waals surface area contributed by atoms with Crippen molar-refractivity contribution in [3.8, 4) is 0 Å². The maximum atomic E-state index is 5.50. The summed E-state index contributed by atoms with van der Waals surface area (Å²) in [5.41, 5.74) is 3.79. The number of benzene rings is 3. The summed E-state index contributed by atoms with van der Waals surface area (Å²) in [6.45, 7) is 0. The van der Waals surface area contributed by atoms with Crippen molar-refractivity contribution in [2.45, 2.75) is 12.0 Å². The predicted molar refractivity (Wildman–Crippen MR) is 113 cm³/mol. The molecular weight excluding hydrogens is 342 g/mol. The van der Waals surface area contributed by atoms with Crippen LogP contribution >= 0.6 is 24.0 Å². The van der Waals surface area contributed by atoms with Gasteiger partial charge < -0.3 is 5.32 Å². The molecule has 0 aromatic heterocycles. The molecule has 0 aliphatic rings. The van der Waals surface area contributed by atoms with Gasteiger partial charge in [0.1, 0.15) is 4.32 Å². The van der Waals surface area contributed by atoms with E-state index in [2.05, 4.69) is 90.2 Å². The maximum Gasteiger partial charge on any atom is 0.134 e. The summed E-state index contributed by atoms with van der Waals surface area (Å²) in [6, 6.07) is 31.9. The molecule has 0 saturated carbocycles. The first kappa shape index (κ1) is 17.7. The molecule has 0 heterocycles. The van der Waals surface area contributed by atoms with Crippen LogP contribution in [0.2, 0.25) is 0 Å². The van der Waals surface area contributed by atoms with Crippen molar-refractivity contribution < 1.29 is 0 Å². The lowest BCUT2D eigenvalue weighted by Crippen LogP contribution is -2.30. The molecule has 3 rings (SSSR count). The maximum absolute atomic E-state index is 5.50. The van der Waals surface area contributed by atoms with Gasteiger partial charge in [0.2, 0.25) is 0 Å². The van der Waals surface area contributed by atoms with Crippen molar-refractivity contribution in [1.29, 1.82) is 0 Å². The topological polar surface area (TPSA) is 12.0 Å². The zero-order valence-electron chi connectivity index (χ0n) is 14.1. The van der Waals surface area contributed by atoms with Crippen LogP contribution < -0.4 is 5.32 Å². The SMILES string of the molecule is CSC(=S)N[C@@H](c1ccccc1)C(c1ccccc1)c1ccccc1. The van der Waals surface area contributed by atoms with Crippen LogP contribution in [0, 0.1) is 0 Å². The van der Waals surface area contributed by atoms with Crippen molar-refractivity contribution >= 4 is 28.3 Å². The molecule has 3 aromatic carbocycles. The molecule has 0 fully saturated rings. The highest BCUT2D eigenvalue weighted by Crippen LogP contribution is 2.37. The summed E-state index contributed by atoms with van der Waals surface area (Å²) in [5.74, 6) is 0.176. The van der Waals surface area contributed by atoms with E-state index in [-0.39, 0.29) is 12.0 Å². The van der Waals surface area contributed by atoms with Gasteiger partial charge in [-0.2, -0.15) is 0 Å². The zero-order chi connectivity index (χ0) is 17.5. The summed E-state index contributed by atoms with van der Waals surface area (Å²) in [7, 11) is 0. The van der Waals surface area contributed by atoms with Crippen LogP contribution in [0.25, 0.3) is 0 Å². The molecule has 126 valence electrons. The van der Waals surface area contributed by atoms with E-state index in [1.165, 1.54) is 16.7 Å². The second kappa shape index (κ2) is 8.84. The summed E-state index contributed by atoms with van der Waals surface area (Å²) >= 11 is 7.08. The van der Waals surface area contributed by atoms with Gasteiger partial charge in [0.25, 0.3) is 0 Å². The molecule has 1 nitrogen and oxygen atoms in total. The van der Waals surface area contributed by atoms with E-state index >= 15 is 0 Å². The van der Waals surface area contributed by atoms with Gasteiger partial charge in [-0.15, -0.1) is 11.8 Å². The first-order chi connectivity index (χ1) is 12.3. The number of thiocarbonyl (C=S) groups is 1. The Morgan fingerprint density at radius 3 is 1.52 bits per heavy atom. The summed E-state index contributed by atoms with van der Waals surface area (Å²) < 4.78 is 0.811. The van der Waals surface area contributed by atoms with Gasteiger partial charge in [-0.05, 0) is 22.9 Å². The van der Waals surface area contributed by atoms with E-state index in [1.54, 1.807) is 11.8 Å². The summed E-state index contributed by atoms with van der Waals surface area (Å²) in [5, 5.41) is 3.57. The molecule has 1 N–H and O–H groups in total. The van der Waals surface area contributed by atoms with E-state index in [4.69, 9.17) is 12.2 Å². The quantitative estimate of drug-likeness (QED) is 0.576. The van der Waals surface area contributed by atoms with Gasteiger partial charge in [0, 0.05) is 5.92 Å². The lowest BCUT2D eigenvalue weighted by atomic mass is 9.82. The van der Waals surface area contributed by atoms with E-state index in [0.717, 1.165) is 4.32 Å². The third kappa shape index (κ3) is 4.50. The summed E-state index contributed by atoms with van der Waals surface area (Å²) in [4.78, 5) is 0. The van der Waals surface area contributed by atoms with Gasteiger partial charge >= 0.3 is 0 Å². The molecule has 25 heavy (non-hydrogen) atoms. The predicted octanol–water partition coefficient (Wildman–Crippen LogP) is 5.80. The van der Waals surface area contributed by atoms with Gasteiger partial charge in [-0.3, -0.25) is 0 Å². The highest BCUT2D eigenvalue weighted by atomic mass is 32.2.